The maximum atomic E-state index is 13.6. The molecule has 2 aromatic heterocycles. The van der Waals surface area contributed by atoms with Gasteiger partial charge in [0, 0.05) is 24.5 Å². The van der Waals surface area contributed by atoms with Crippen LogP contribution in [-0.2, 0) is 6.54 Å². The van der Waals surface area contributed by atoms with Gasteiger partial charge in [0.1, 0.15) is 12.1 Å². The van der Waals surface area contributed by atoms with Crippen LogP contribution >= 0.6 is 0 Å². The Hall–Kier alpha value is -2.31. The molecule has 0 atom stereocenters. The molecule has 0 saturated heterocycles. The molecule has 2 rings (SSSR count). The number of nitrogens with one attached hydrogen (secondary N) is 1. The number of hydrogen-bond donors (Lipinski definition) is 1. The van der Waals surface area contributed by atoms with Gasteiger partial charge >= 0.3 is 5.69 Å². The van der Waals surface area contributed by atoms with Gasteiger partial charge in [-0.05, 0) is 13.0 Å². The van der Waals surface area contributed by atoms with E-state index < -0.39 is 11.5 Å². The molecule has 0 unspecified atom stereocenters. The van der Waals surface area contributed by atoms with Crippen molar-refractivity contribution in [1.29, 1.82) is 0 Å². The second-order valence-corrected chi connectivity index (χ2v) is 3.70. The summed E-state index contributed by atoms with van der Waals surface area (Å²) in [6, 6.07) is 1.26. The first-order chi connectivity index (χ1) is 8.61. The van der Waals surface area contributed by atoms with Crippen LogP contribution in [0.2, 0.25) is 0 Å². The monoisotopic (exact) mass is 249 g/mol. The molecule has 0 aliphatic rings. The first kappa shape index (κ1) is 12.2. The molecule has 0 spiro atoms. The zero-order valence-electron chi connectivity index (χ0n) is 10.0. The lowest BCUT2D eigenvalue weighted by molar-refractivity contribution is 0.583. The van der Waals surface area contributed by atoms with Crippen LogP contribution < -0.4 is 11.0 Å². The third kappa shape index (κ3) is 2.34. The largest absolute Gasteiger partial charge is 0.357 e. The molecular formula is C11H12FN5O. The van der Waals surface area contributed by atoms with Gasteiger partial charge in [-0.2, -0.15) is 4.98 Å². The van der Waals surface area contributed by atoms with E-state index in [9.17, 15) is 9.18 Å². The summed E-state index contributed by atoms with van der Waals surface area (Å²) in [5.41, 5.74) is 0.414. The predicted molar refractivity (Wildman–Crippen MR) is 63.9 cm³/mol. The number of aromatic nitrogens is 4. The van der Waals surface area contributed by atoms with Gasteiger partial charge in [-0.15, -0.1) is 0 Å². The Labute approximate surface area is 103 Å². The summed E-state index contributed by atoms with van der Waals surface area (Å²) in [5, 5.41) is 2.66. The van der Waals surface area contributed by atoms with Crippen molar-refractivity contribution < 1.29 is 4.39 Å². The predicted octanol–water partition coefficient (Wildman–Crippen LogP) is 0.571. The van der Waals surface area contributed by atoms with Gasteiger partial charge < -0.3 is 5.32 Å². The van der Waals surface area contributed by atoms with E-state index in [1.54, 1.807) is 14.0 Å². The molecule has 18 heavy (non-hydrogen) atoms. The fourth-order valence-electron chi connectivity index (χ4n) is 1.51. The standard InChI is InChI=1S/C11H12FN5O/c1-7-8(9(12)3-4-14-7)5-17-6-15-10(13-2)16-11(17)18/h3-4,6H,5H2,1-2H3,(H,13,16,18). The SMILES string of the molecule is CNc1ncn(Cc2c(F)ccnc2C)c(=O)n1. The molecule has 0 bridgehead atoms. The quantitative estimate of drug-likeness (QED) is 0.861. The van der Waals surface area contributed by atoms with Crippen molar-refractivity contribution in [2.75, 3.05) is 12.4 Å². The van der Waals surface area contributed by atoms with Gasteiger partial charge in [0.05, 0.1) is 6.54 Å². The number of nitrogens with zero attached hydrogens (tertiary/aromatic N) is 4. The van der Waals surface area contributed by atoms with Crippen LogP contribution in [-0.4, -0.2) is 26.6 Å². The Balaban J connectivity index is 2.38. The fraction of sp³-hybridized carbons (Fsp3) is 0.273. The van der Waals surface area contributed by atoms with Crippen molar-refractivity contribution in [3.63, 3.8) is 0 Å². The van der Waals surface area contributed by atoms with Crippen molar-refractivity contribution >= 4 is 5.95 Å². The Kier molecular flexibility index (Phi) is 3.31. The normalized spacial score (nSPS) is 10.4. The molecule has 2 aromatic rings. The van der Waals surface area contributed by atoms with E-state index in [4.69, 9.17) is 0 Å². The Bertz CT molecular complexity index is 605. The maximum absolute atomic E-state index is 13.6. The topological polar surface area (TPSA) is 72.7 Å². The second-order valence-electron chi connectivity index (χ2n) is 3.70. The first-order valence-corrected chi connectivity index (χ1v) is 5.33. The summed E-state index contributed by atoms with van der Waals surface area (Å²) in [6.45, 7) is 1.75. The van der Waals surface area contributed by atoms with Gasteiger partial charge in [-0.3, -0.25) is 9.55 Å². The zero-order valence-corrected chi connectivity index (χ0v) is 10.0. The Morgan fingerprint density at radius 1 is 1.44 bits per heavy atom. The summed E-state index contributed by atoms with van der Waals surface area (Å²) < 4.78 is 14.8. The van der Waals surface area contributed by atoms with E-state index in [-0.39, 0.29) is 12.5 Å². The van der Waals surface area contributed by atoms with Crippen molar-refractivity contribution in [1.82, 2.24) is 19.5 Å². The second kappa shape index (κ2) is 4.91. The highest BCUT2D eigenvalue weighted by Gasteiger charge is 2.09. The molecule has 0 radical (unpaired) electrons. The van der Waals surface area contributed by atoms with Crippen molar-refractivity contribution in [2.45, 2.75) is 13.5 Å². The number of halogens is 1. The number of rotatable bonds is 3. The molecular weight excluding hydrogens is 237 g/mol. The minimum Gasteiger partial charge on any atom is -0.357 e. The molecule has 0 aliphatic carbocycles. The molecule has 6 nitrogen and oxygen atoms in total. The average Bonchev–Trinajstić information content (AvgIpc) is 2.35. The summed E-state index contributed by atoms with van der Waals surface area (Å²) in [6.07, 6.45) is 2.71. The molecule has 0 saturated carbocycles. The van der Waals surface area contributed by atoms with E-state index >= 15 is 0 Å². The minimum absolute atomic E-state index is 0.0638. The van der Waals surface area contributed by atoms with Gasteiger partial charge in [-0.1, -0.05) is 0 Å². The first-order valence-electron chi connectivity index (χ1n) is 5.33. The molecule has 2 heterocycles. The number of anilines is 1. The van der Waals surface area contributed by atoms with Crippen LogP contribution in [0.1, 0.15) is 11.3 Å². The Morgan fingerprint density at radius 2 is 2.22 bits per heavy atom. The van der Waals surface area contributed by atoms with Crippen molar-refractivity contribution in [3.05, 3.63) is 46.1 Å². The van der Waals surface area contributed by atoms with E-state index in [2.05, 4.69) is 20.3 Å². The third-order valence-electron chi connectivity index (χ3n) is 2.53. The van der Waals surface area contributed by atoms with E-state index in [1.807, 2.05) is 0 Å². The lowest BCUT2D eigenvalue weighted by atomic mass is 10.2. The van der Waals surface area contributed by atoms with Crippen LogP contribution in [0.3, 0.4) is 0 Å². The smallest absolute Gasteiger partial charge is 0.352 e. The highest BCUT2D eigenvalue weighted by Crippen LogP contribution is 2.10. The number of hydrogen-bond acceptors (Lipinski definition) is 5. The van der Waals surface area contributed by atoms with Gasteiger partial charge in [0.2, 0.25) is 5.95 Å². The minimum atomic E-state index is -0.489. The summed E-state index contributed by atoms with van der Waals surface area (Å²) in [4.78, 5) is 23.2. The maximum Gasteiger partial charge on any atom is 0.352 e. The summed E-state index contributed by atoms with van der Waals surface area (Å²) >= 11 is 0. The highest BCUT2D eigenvalue weighted by molar-refractivity contribution is 5.22. The summed E-state index contributed by atoms with van der Waals surface area (Å²) in [7, 11) is 1.62. The van der Waals surface area contributed by atoms with Gasteiger partial charge in [0.25, 0.3) is 0 Å². The van der Waals surface area contributed by atoms with E-state index in [0.29, 0.717) is 11.3 Å². The zero-order chi connectivity index (χ0) is 13.1. The lowest BCUT2D eigenvalue weighted by Crippen LogP contribution is -2.25. The number of aryl methyl sites for hydroxylation is 1. The van der Waals surface area contributed by atoms with Crippen LogP contribution in [0.4, 0.5) is 10.3 Å². The third-order valence-corrected chi connectivity index (χ3v) is 2.53. The molecule has 0 amide bonds. The van der Waals surface area contributed by atoms with Crippen LogP contribution in [0.25, 0.3) is 0 Å². The van der Waals surface area contributed by atoms with Gasteiger partial charge in [-0.25, -0.2) is 14.2 Å². The highest BCUT2D eigenvalue weighted by atomic mass is 19.1. The molecule has 7 heteroatoms. The molecule has 0 fully saturated rings. The van der Waals surface area contributed by atoms with Crippen molar-refractivity contribution in [3.8, 4) is 0 Å². The number of pyridine rings is 1. The van der Waals surface area contributed by atoms with Crippen LogP contribution in [0.15, 0.2) is 23.4 Å². The van der Waals surface area contributed by atoms with Gasteiger partial charge in [0.15, 0.2) is 0 Å². The van der Waals surface area contributed by atoms with Crippen molar-refractivity contribution in [2.24, 2.45) is 0 Å². The molecule has 94 valence electrons. The molecule has 1 N–H and O–H groups in total. The van der Waals surface area contributed by atoms with E-state index in [1.165, 1.54) is 23.2 Å². The van der Waals surface area contributed by atoms with Crippen LogP contribution in [0.5, 0.6) is 0 Å². The average molecular weight is 249 g/mol. The molecule has 0 aromatic carbocycles. The Morgan fingerprint density at radius 3 is 2.83 bits per heavy atom. The fourth-order valence-corrected chi connectivity index (χ4v) is 1.51. The van der Waals surface area contributed by atoms with E-state index in [0.717, 1.165) is 0 Å². The molecule has 0 aliphatic heterocycles. The lowest BCUT2D eigenvalue weighted by Gasteiger charge is -2.08. The van der Waals surface area contributed by atoms with Crippen LogP contribution in [0, 0.1) is 12.7 Å². The summed E-state index contributed by atoms with van der Waals surface area (Å²) in [5.74, 6) is -0.160.